The highest BCUT2D eigenvalue weighted by Gasteiger charge is 2.29. The highest BCUT2D eigenvalue weighted by Crippen LogP contribution is 2.16. The van der Waals surface area contributed by atoms with E-state index in [0.717, 1.165) is 0 Å². The zero-order chi connectivity index (χ0) is 14.3. The summed E-state index contributed by atoms with van der Waals surface area (Å²) in [5, 5.41) is 8.74. The van der Waals surface area contributed by atoms with Crippen LogP contribution in [0.1, 0.15) is 34.1 Å². The van der Waals surface area contributed by atoms with Crippen molar-refractivity contribution in [3.63, 3.8) is 0 Å². The standard InChI is InChI=1S/C13H24N2O3/c1-6-9-14(7-2)12(18)15(13(3,4)5)10-8-11(16)17/h6H,1,7-10H2,2-5H3,(H,16,17). The van der Waals surface area contributed by atoms with Crippen LogP contribution in [-0.4, -0.2) is 52.1 Å². The quantitative estimate of drug-likeness (QED) is 0.741. The molecule has 0 heterocycles. The molecule has 0 saturated heterocycles. The Bertz CT molecular complexity index is 308. The first kappa shape index (κ1) is 16.5. The number of urea groups is 1. The second kappa shape index (κ2) is 7.03. The predicted molar refractivity (Wildman–Crippen MR) is 71.6 cm³/mol. The van der Waals surface area contributed by atoms with Crippen LogP contribution in [0.5, 0.6) is 0 Å². The van der Waals surface area contributed by atoms with Crippen molar-refractivity contribution in [2.45, 2.75) is 39.7 Å². The molecule has 0 saturated carbocycles. The molecule has 0 aliphatic heterocycles. The van der Waals surface area contributed by atoms with Gasteiger partial charge in [-0.15, -0.1) is 6.58 Å². The minimum atomic E-state index is -0.899. The number of carbonyl (C=O) groups excluding carboxylic acids is 1. The molecule has 0 radical (unpaired) electrons. The van der Waals surface area contributed by atoms with Gasteiger partial charge in [0.2, 0.25) is 0 Å². The SMILES string of the molecule is C=CCN(CC)C(=O)N(CCC(=O)O)C(C)(C)C. The van der Waals surface area contributed by atoms with E-state index in [1.165, 1.54) is 0 Å². The van der Waals surface area contributed by atoms with Crippen LogP contribution in [0.2, 0.25) is 0 Å². The van der Waals surface area contributed by atoms with Gasteiger partial charge in [0.1, 0.15) is 0 Å². The Hall–Kier alpha value is -1.52. The van der Waals surface area contributed by atoms with E-state index in [9.17, 15) is 9.59 Å². The number of nitrogens with zero attached hydrogens (tertiary/aromatic N) is 2. The third-order valence-corrected chi connectivity index (χ3v) is 2.59. The van der Waals surface area contributed by atoms with E-state index in [4.69, 9.17) is 5.11 Å². The van der Waals surface area contributed by atoms with Gasteiger partial charge in [0.15, 0.2) is 0 Å². The highest BCUT2D eigenvalue weighted by molar-refractivity contribution is 5.76. The number of carboxylic acid groups (broad SMARTS) is 1. The van der Waals surface area contributed by atoms with Gasteiger partial charge < -0.3 is 14.9 Å². The van der Waals surface area contributed by atoms with Gasteiger partial charge in [-0.1, -0.05) is 6.08 Å². The van der Waals surface area contributed by atoms with Crippen molar-refractivity contribution in [3.05, 3.63) is 12.7 Å². The lowest BCUT2D eigenvalue weighted by molar-refractivity contribution is -0.137. The number of rotatable bonds is 6. The van der Waals surface area contributed by atoms with Gasteiger partial charge in [-0.25, -0.2) is 4.79 Å². The van der Waals surface area contributed by atoms with Gasteiger partial charge in [0, 0.05) is 25.2 Å². The molecule has 0 aliphatic rings. The minimum absolute atomic E-state index is 0.0470. The number of hydrogen-bond acceptors (Lipinski definition) is 2. The fourth-order valence-corrected chi connectivity index (χ4v) is 1.59. The molecule has 2 amide bonds. The molecule has 0 aromatic rings. The largest absolute Gasteiger partial charge is 0.481 e. The molecule has 5 heteroatoms. The van der Waals surface area contributed by atoms with Gasteiger partial charge in [0.25, 0.3) is 0 Å². The monoisotopic (exact) mass is 256 g/mol. The molecule has 0 aromatic heterocycles. The van der Waals surface area contributed by atoms with Gasteiger partial charge in [0.05, 0.1) is 6.42 Å². The summed E-state index contributed by atoms with van der Waals surface area (Å²) in [6.07, 6.45) is 1.62. The summed E-state index contributed by atoms with van der Waals surface area (Å²) in [5.74, 6) is -0.899. The van der Waals surface area contributed by atoms with Crippen molar-refractivity contribution in [1.29, 1.82) is 0 Å². The maximum absolute atomic E-state index is 12.3. The van der Waals surface area contributed by atoms with Crippen molar-refractivity contribution in [1.82, 2.24) is 9.80 Å². The molecule has 5 nitrogen and oxygen atoms in total. The Kier molecular flexibility index (Phi) is 6.44. The van der Waals surface area contributed by atoms with Crippen LogP contribution in [0.25, 0.3) is 0 Å². The molecule has 0 bridgehead atoms. The number of hydrogen-bond donors (Lipinski definition) is 1. The van der Waals surface area contributed by atoms with E-state index < -0.39 is 11.5 Å². The van der Waals surface area contributed by atoms with Crippen molar-refractivity contribution in [2.24, 2.45) is 0 Å². The van der Waals surface area contributed by atoms with Gasteiger partial charge in [-0.05, 0) is 27.7 Å². The second-order valence-electron chi connectivity index (χ2n) is 5.08. The van der Waals surface area contributed by atoms with Gasteiger partial charge in [-0.2, -0.15) is 0 Å². The molecule has 0 aliphatic carbocycles. The van der Waals surface area contributed by atoms with Crippen LogP contribution in [0.4, 0.5) is 4.79 Å². The molecular weight excluding hydrogens is 232 g/mol. The van der Waals surface area contributed by atoms with Crippen LogP contribution in [0.3, 0.4) is 0 Å². The summed E-state index contributed by atoms with van der Waals surface area (Å²) in [6.45, 7) is 12.5. The first-order valence-corrected chi connectivity index (χ1v) is 6.13. The fraction of sp³-hybridized carbons (Fsp3) is 0.692. The van der Waals surface area contributed by atoms with Crippen LogP contribution in [0, 0.1) is 0 Å². The first-order chi connectivity index (χ1) is 8.23. The maximum Gasteiger partial charge on any atom is 0.320 e. The van der Waals surface area contributed by atoms with Crippen LogP contribution < -0.4 is 0 Å². The van der Waals surface area contributed by atoms with Crippen molar-refractivity contribution < 1.29 is 14.7 Å². The predicted octanol–water partition coefficient (Wildman–Crippen LogP) is 2.19. The number of carbonyl (C=O) groups is 2. The second-order valence-corrected chi connectivity index (χ2v) is 5.08. The van der Waals surface area contributed by atoms with Gasteiger partial charge in [-0.3, -0.25) is 4.79 Å². The van der Waals surface area contributed by atoms with Crippen LogP contribution in [0.15, 0.2) is 12.7 Å². The third kappa shape index (κ3) is 5.21. The van der Waals surface area contributed by atoms with Crippen molar-refractivity contribution >= 4 is 12.0 Å². The average molecular weight is 256 g/mol. The molecule has 1 N–H and O–H groups in total. The summed E-state index contributed by atoms with van der Waals surface area (Å²) in [6, 6.07) is -0.147. The minimum Gasteiger partial charge on any atom is -0.481 e. The lowest BCUT2D eigenvalue weighted by Gasteiger charge is -2.38. The lowest BCUT2D eigenvalue weighted by Crippen LogP contribution is -2.52. The van der Waals surface area contributed by atoms with Crippen LogP contribution >= 0.6 is 0 Å². The number of amides is 2. The third-order valence-electron chi connectivity index (χ3n) is 2.59. The summed E-state index contributed by atoms with van der Waals surface area (Å²) < 4.78 is 0. The Labute approximate surface area is 109 Å². The fourth-order valence-electron chi connectivity index (χ4n) is 1.59. The lowest BCUT2D eigenvalue weighted by atomic mass is 10.1. The molecule has 18 heavy (non-hydrogen) atoms. The maximum atomic E-state index is 12.3. The van der Waals surface area contributed by atoms with E-state index in [1.54, 1.807) is 15.9 Å². The molecule has 104 valence electrons. The normalized spacial score (nSPS) is 10.9. The summed E-state index contributed by atoms with van der Waals surface area (Å²) in [5.41, 5.74) is -0.402. The molecular formula is C13H24N2O3. The summed E-state index contributed by atoms with van der Waals surface area (Å²) >= 11 is 0. The average Bonchev–Trinajstić information content (AvgIpc) is 2.23. The molecule has 0 rings (SSSR count). The Morgan fingerprint density at radius 3 is 2.22 bits per heavy atom. The Morgan fingerprint density at radius 2 is 1.89 bits per heavy atom. The van der Waals surface area contributed by atoms with Crippen molar-refractivity contribution in [2.75, 3.05) is 19.6 Å². The van der Waals surface area contributed by atoms with Gasteiger partial charge >= 0.3 is 12.0 Å². The Balaban J connectivity index is 4.88. The zero-order valence-corrected chi connectivity index (χ0v) is 11.8. The highest BCUT2D eigenvalue weighted by atomic mass is 16.4. The molecule has 0 unspecified atom stereocenters. The van der Waals surface area contributed by atoms with E-state index in [0.29, 0.717) is 13.1 Å². The van der Waals surface area contributed by atoms with E-state index in [1.807, 2.05) is 27.7 Å². The smallest absolute Gasteiger partial charge is 0.320 e. The summed E-state index contributed by atoms with van der Waals surface area (Å²) in [7, 11) is 0. The van der Waals surface area contributed by atoms with E-state index in [2.05, 4.69) is 6.58 Å². The topological polar surface area (TPSA) is 60.9 Å². The Morgan fingerprint density at radius 1 is 1.33 bits per heavy atom. The van der Waals surface area contributed by atoms with Crippen LogP contribution in [-0.2, 0) is 4.79 Å². The molecule has 0 fully saturated rings. The molecule has 0 aromatic carbocycles. The van der Waals surface area contributed by atoms with E-state index in [-0.39, 0.29) is 19.0 Å². The first-order valence-electron chi connectivity index (χ1n) is 6.13. The number of likely N-dealkylation sites (N-methyl/N-ethyl adjacent to an activating group) is 1. The molecule has 0 spiro atoms. The van der Waals surface area contributed by atoms with Crippen molar-refractivity contribution in [3.8, 4) is 0 Å². The zero-order valence-electron chi connectivity index (χ0n) is 11.8. The number of carboxylic acids is 1. The summed E-state index contributed by atoms with van der Waals surface area (Å²) in [4.78, 5) is 26.2. The number of aliphatic carboxylic acids is 1. The van der Waals surface area contributed by atoms with E-state index >= 15 is 0 Å². The molecule has 0 atom stereocenters.